The molecule has 3 saturated carbocycles. The lowest BCUT2D eigenvalue weighted by Gasteiger charge is -2.34. The van der Waals surface area contributed by atoms with Gasteiger partial charge in [0, 0.05) is 17.5 Å². The van der Waals surface area contributed by atoms with E-state index in [4.69, 9.17) is 0 Å². The molecule has 7 nitrogen and oxygen atoms in total. The van der Waals surface area contributed by atoms with Gasteiger partial charge in [-0.3, -0.25) is 0 Å². The highest BCUT2D eigenvalue weighted by molar-refractivity contribution is 5.83. The minimum Gasteiger partial charge on any atom is -0.396 e. The standard InChI is InChI=1S/C17H23N5O2/c23-6-17(7-24)5-10-1-4-12(17)14(10)22-9-20-13-15(21-11-2-3-11)18-8-19-16(13)22/h8-12,14,23-24H,1-7H2,(H,18,19,21)/t10-,12-,14+/m0/s1. The summed E-state index contributed by atoms with van der Waals surface area (Å²) in [5.74, 6) is 1.58. The fourth-order valence-corrected chi connectivity index (χ4v) is 5.06. The van der Waals surface area contributed by atoms with E-state index in [-0.39, 0.29) is 30.6 Å². The Bertz CT molecular complexity index is 767. The van der Waals surface area contributed by atoms with Crippen LogP contribution in [0.1, 0.15) is 38.1 Å². The van der Waals surface area contributed by atoms with Gasteiger partial charge in [0.15, 0.2) is 11.5 Å². The molecule has 5 rings (SSSR count). The third kappa shape index (κ3) is 1.94. The molecule has 0 unspecified atom stereocenters. The van der Waals surface area contributed by atoms with Crippen LogP contribution < -0.4 is 5.32 Å². The highest BCUT2D eigenvalue weighted by atomic mass is 16.3. The van der Waals surface area contributed by atoms with Crippen molar-refractivity contribution in [3.63, 3.8) is 0 Å². The molecule has 2 bridgehead atoms. The summed E-state index contributed by atoms with van der Waals surface area (Å²) in [4.78, 5) is 13.4. The monoisotopic (exact) mass is 329 g/mol. The number of nitrogens with one attached hydrogen (secondary N) is 1. The second-order valence-corrected chi connectivity index (χ2v) is 7.78. The summed E-state index contributed by atoms with van der Waals surface area (Å²) >= 11 is 0. The van der Waals surface area contributed by atoms with Gasteiger partial charge in [-0.1, -0.05) is 0 Å². The van der Waals surface area contributed by atoms with Crippen LogP contribution in [-0.2, 0) is 0 Å². The first-order valence-corrected chi connectivity index (χ1v) is 8.91. The number of aliphatic hydroxyl groups is 2. The minimum absolute atomic E-state index is 0.0528. The fourth-order valence-electron chi connectivity index (χ4n) is 5.06. The van der Waals surface area contributed by atoms with Crippen molar-refractivity contribution in [3.05, 3.63) is 12.7 Å². The van der Waals surface area contributed by atoms with E-state index in [1.54, 1.807) is 6.33 Å². The van der Waals surface area contributed by atoms with E-state index in [9.17, 15) is 10.2 Å². The van der Waals surface area contributed by atoms with E-state index in [1.807, 2.05) is 6.33 Å². The molecule has 3 fully saturated rings. The SMILES string of the molecule is OCC1(CO)C[C@@H]2CC[C@H]1[C@@H]2n1cnc2c(NC3CC3)ncnc21. The first-order valence-electron chi connectivity index (χ1n) is 8.91. The summed E-state index contributed by atoms with van der Waals surface area (Å²) in [7, 11) is 0. The van der Waals surface area contributed by atoms with Gasteiger partial charge in [-0.05, 0) is 43.9 Å². The molecule has 2 heterocycles. The number of hydrogen-bond donors (Lipinski definition) is 3. The maximum Gasteiger partial charge on any atom is 0.165 e. The van der Waals surface area contributed by atoms with Crippen LogP contribution in [0, 0.1) is 17.3 Å². The molecule has 2 aromatic rings. The zero-order chi connectivity index (χ0) is 16.3. The third-order valence-corrected chi connectivity index (χ3v) is 6.43. The van der Waals surface area contributed by atoms with Crippen LogP contribution in [0.2, 0.25) is 0 Å². The van der Waals surface area contributed by atoms with Crippen molar-refractivity contribution in [1.29, 1.82) is 0 Å². The first-order chi connectivity index (χ1) is 11.8. The number of anilines is 1. The van der Waals surface area contributed by atoms with Crippen molar-refractivity contribution in [3.8, 4) is 0 Å². The molecule has 7 heteroatoms. The van der Waals surface area contributed by atoms with Crippen molar-refractivity contribution in [2.45, 2.75) is 44.2 Å². The van der Waals surface area contributed by atoms with Crippen LogP contribution >= 0.6 is 0 Å². The molecule has 3 atom stereocenters. The number of aromatic nitrogens is 4. The molecule has 24 heavy (non-hydrogen) atoms. The van der Waals surface area contributed by atoms with E-state index < -0.39 is 0 Å². The Morgan fingerprint density at radius 2 is 1.96 bits per heavy atom. The van der Waals surface area contributed by atoms with E-state index in [0.29, 0.717) is 12.0 Å². The number of nitrogens with zero attached hydrogens (tertiary/aromatic N) is 4. The van der Waals surface area contributed by atoms with Gasteiger partial charge >= 0.3 is 0 Å². The molecule has 2 aromatic heterocycles. The summed E-state index contributed by atoms with van der Waals surface area (Å²) in [6.45, 7) is 0.106. The maximum absolute atomic E-state index is 9.90. The molecular formula is C17H23N5O2. The van der Waals surface area contributed by atoms with Gasteiger partial charge < -0.3 is 20.1 Å². The molecule has 128 valence electrons. The molecule has 0 saturated heterocycles. The normalized spacial score (nSPS) is 31.0. The summed E-state index contributed by atoms with van der Waals surface area (Å²) in [5.41, 5.74) is 1.34. The van der Waals surface area contributed by atoms with Crippen molar-refractivity contribution in [1.82, 2.24) is 19.5 Å². The lowest BCUT2D eigenvalue weighted by Crippen LogP contribution is -2.36. The summed E-state index contributed by atoms with van der Waals surface area (Å²) < 4.78 is 2.17. The second-order valence-electron chi connectivity index (χ2n) is 7.78. The Hall–Kier alpha value is -1.73. The van der Waals surface area contributed by atoms with Crippen LogP contribution in [0.5, 0.6) is 0 Å². The highest BCUT2D eigenvalue weighted by Gasteiger charge is 2.57. The van der Waals surface area contributed by atoms with Gasteiger partial charge in [-0.2, -0.15) is 0 Å². The second kappa shape index (κ2) is 5.13. The molecule has 3 aliphatic rings. The highest BCUT2D eigenvalue weighted by Crippen LogP contribution is 2.61. The third-order valence-electron chi connectivity index (χ3n) is 6.43. The van der Waals surface area contributed by atoms with Crippen LogP contribution in [0.3, 0.4) is 0 Å². The molecule has 0 aromatic carbocycles. The van der Waals surface area contributed by atoms with Crippen molar-refractivity contribution < 1.29 is 10.2 Å². The number of aliphatic hydroxyl groups excluding tert-OH is 2. The Kier molecular flexibility index (Phi) is 3.12. The van der Waals surface area contributed by atoms with Crippen LogP contribution in [0.4, 0.5) is 5.82 Å². The number of hydrogen-bond acceptors (Lipinski definition) is 6. The zero-order valence-corrected chi connectivity index (χ0v) is 13.6. The van der Waals surface area contributed by atoms with Crippen LogP contribution in [-0.4, -0.2) is 49.0 Å². The number of fused-ring (bicyclic) bond motifs is 3. The minimum atomic E-state index is -0.355. The average molecular weight is 329 g/mol. The molecule has 0 amide bonds. The largest absolute Gasteiger partial charge is 0.396 e. The van der Waals surface area contributed by atoms with E-state index in [2.05, 4.69) is 24.8 Å². The van der Waals surface area contributed by atoms with Crippen molar-refractivity contribution in [2.24, 2.45) is 17.3 Å². The first kappa shape index (κ1) is 14.6. The summed E-state index contributed by atoms with van der Waals surface area (Å²) in [6.07, 6.45) is 8.94. The van der Waals surface area contributed by atoms with Crippen molar-refractivity contribution >= 4 is 17.0 Å². The molecular weight excluding hydrogens is 306 g/mol. The Morgan fingerprint density at radius 3 is 2.67 bits per heavy atom. The Morgan fingerprint density at radius 1 is 1.12 bits per heavy atom. The number of rotatable bonds is 5. The van der Waals surface area contributed by atoms with E-state index >= 15 is 0 Å². The quantitative estimate of drug-likeness (QED) is 0.766. The lowest BCUT2D eigenvalue weighted by atomic mass is 9.74. The maximum atomic E-state index is 9.90. The summed E-state index contributed by atoms with van der Waals surface area (Å²) in [5, 5.41) is 23.2. The Balaban J connectivity index is 1.55. The zero-order valence-electron chi connectivity index (χ0n) is 13.6. The molecule has 0 radical (unpaired) electrons. The smallest absolute Gasteiger partial charge is 0.165 e. The topological polar surface area (TPSA) is 96.1 Å². The van der Waals surface area contributed by atoms with Gasteiger partial charge in [0.25, 0.3) is 0 Å². The molecule has 3 aliphatic carbocycles. The van der Waals surface area contributed by atoms with Crippen molar-refractivity contribution in [2.75, 3.05) is 18.5 Å². The van der Waals surface area contributed by atoms with E-state index in [1.165, 1.54) is 12.8 Å². The predicted octanol–water partition coefficient (Wildman–Crippen LogP) is 1.34. The van der Waals surface area contributed by atoms with Crippen LogP contribution in [0.15, 0.2) is 12.7 Å². The fraction of sp³-hybridized carbons (Fsp3) is 0.706. The molecule has 0 aliphatic heterocycles. The lowest BCUT2D eigenvalue weighted by molar-refractivity contribution is 0.00467. The average Bonchev–Trinajstić information content (AvgIpc) is 3.06. The molecule has 0 spiro atoms. The van der Waals surface area contributed by atoms with Gasteiger partial charge in [-0.15, -0.1) is 0 Å². The Labute approximate surface area is 140 Å². The summed E-state index contributed by atoms with van der Waals surface area (Å²) in [6, 6.07) is 0.783. The van der Waals surface area contributed by atoms with Gasteiger partial charge in [0.2, 0.25) is 0 Å². The van der Waals surface area contributed by atoms with Gasteiger partial charge in [-0.25, -0.2) is 15.0 Å². The van der Waals surface area contributed by atoms with Gasteiger partial charge in [0.05, 0.1) is 19.5 Å². The molecule has 3 N–H and O–H groups in total. The van der Waals surface area contributed by atoms with E-state index in [0.717, 1.165) is 36.2 Å². The number of imidazole rings is 1. The van der Waals surface area contributed by atoms with Crippen LogP contribution in [0.25, 0.3) is 11.2 Å². The predicted molar refractivity (Wildman–Crippen MR) is 88.4 cm³/mol. The van der Waals surface area contributed by atoms with Gasteiger partial charge in [0.1, 0.15) is 11.8 Å².